The smallest absolute Gasteiger partial charge is 0.224 e. The first-order valence-electron chi connectivity index (χ1n) is 6.72. The molecule has 1 unspecified atom stereocenters. The second-order valence-electron chi connectivity index (χ2n) is 5.99. The van der Waals surface area contributed by atoms with Crippen molar-refractivity contribution in [2.75, 3.05) is 11.9 Å². The van der Waals surface area contributed by atoms with Crippen LogP contribution in [0.2, 0.25) is 0 Å². The Bertz CT molecular complexity index is 481. The third-order valence-corrected chi connectivity index (χ3v) is 3.41. The van der Waals surface area contributed by atoms with E-state index in [9.17, 15) is 4.79 Å². The van der Waals surface area contributed by atoms with E-state index >= 15 is 0 Å². The summed E-state index contributed by atoms with van der Waals surface area (Å²) in [6, 6.07) is 8.92. The SMILES string of the molecule is CC(CC(=O)Nc1ccc(OCC#N)cc1)C(C)(C)C. The molecule has 0 aromatic heterocycles. The Kier molecular flexibility index (Phi) is 5.57. The molecular weight excluding hydrogens is 252 g/mol. The molecule has 1 N–H and O–H groups in total. The van der Waals surface area contributed by atoms with Gasteiger partial charge in [-0.05, 0) is 35.6 Å². The van der Waals surface area contributed by atoms with Crippen molar-refractivity contribution in [3.8, 4) is 11.8 Å². The molecule has 4 nitrogen and oxygen atoms in total. The zero-order valence-electron chi connectivity index (χ0n) is 12.6. The summed E-state index contributed by atoms with van der Waals surface area (Å²) in [5.41, 5.74) is 0.854. The van der Waals surface area contributed by atoms with E-state index in [0.29, 0.717) is 18.1 Å². The molecule has 1 aromatic rings. The van der Waals surface area contributed by atoms with E-state index in [1.165, 1.54) is 0 Å². The van der Waals surface area contributed by atoms with Crippen LogP contribution in [-0.4, -0.2) is 12.5 Å². The van der Waals surface area contributed by atoms with Gasteiger partial charge in [0.05, 0.1) is 0 Å². The maximum Gasteiger partial charge on any atom is 0.224 e. The maximum atomic E-state index is 11.9. The average Bonchev–Trinajstić information content (AvgIpc) is 2.36. The molecule has 0 heterocycles. The molecular formula is C16H22N2O2. The second kappa shape index (κ2) is 6.95. The fourth-order valence-corrected chi connectivity index (χ4v) is 1.55. The lowest BCUT2D eigenvalue weighted by atomic mass is 9.80. The van der Waals surface area contributed by atoms with E-state index in [1.807, 2.05) is 6.07 Å². The van der Waals surface area contributed by atoms with Gasteiger partial charge in [0.1, 0.15) is 11.8 Å². The topological polar surface area (TPSA) is 62.1 Å². The summed E-state index contributed by atoms with van der Waals surface area (Å²) in [5, 5.41) is 11.3. The number of ether oxygens (including phenoxy) is 1. The van der Waals surface area contributed by atoms with Gasteiger partial charge in [-0.15, -0.1) is 0 Å². The Morgan fingerprint density at radius 3 is 2.45 bits per heavy atom. The zero-order valence-corrected chi connectivity index (χ0v) is 12.6. The number of benzene rings is 1. The quantitative estimate of drug-likeness (QED) is 0.892. The molecule has 4 heteroatoms. The van der Waals surface area contributed by atoms with Crippen LogP contribution in [0.25, 0.3) is 0 Å². The maximum absolute atomic E-state index is 11.9. The molecule has 108 valence electrons. The Labute approximate surface area is 120 Å². The molecule has 1 amide bonds. The standard InChI is InChI=1S/C16H22N2O2/c1-12(16(2,3)4)11-15(19)18-13-5-7-14(8-6-13)20-10-9-17/h5-8,12H,10-11H2,1-4H3,(H,18,19). The van der Waals surface area contributed by atoms with Gasteiger partial charge in [0.15, 0.2) is 6.61 Å². The van der Waals surface area contributed by atoms with Gasteiger partial charge in [-0.25, -0.2) is 0 Å². The first kappa shape index (κ1) is 16.0. The predicted molar refractivity (Wildman–Crippen MR) is 79.4 cm³/mol. The Morgan fingerprint density at radius 2 is 1.95 bits per heavy atom. The number of nitrogens with one attached hydrogen (secondary N) is 1. The first-order chi connectivity index (χ1) is 9.32. The van der Waals surface area contributed by atoms with Crippen molar-refractivity contribution < 1.29 is 9.53 Å². The number of nitrogens with zero attached hydrogens (tertiary/aromatic N) is 1. The lowest BCUT2D eigenvalue weighted by Crippen LogP contribution is -2.23. The lowest BCUT2D eigenvalue weighted by Gasteiger charge is -2.26. The number of hydrogen-bond donors (Lipinski definition) is 1. The van der Waals surface area contributed by atoms with Crippen molar-refractivity contribution in [2.45, 2.75) is 34.1 Å². The summed E-state index contributed by atoms with van der Waals surface area (Å²) >= 11 is 0. The molecule has 0 saturated heterocycles. The summed E-state index contributed by atoms with van der Waals surface area (Å²) in [7, 11) is 0. The third-order valence-electron chi connectivity index (χ3n) is 3.41. The van der Waals surface area contributed by atoms with Gasteiger partial charge in [0.25, 0.3) is 0 Å². The molecule has 1 atom stereocenters. The molecule has 1 rings (SSSR count). The first-order valence-corrected chi connectivity index (χ1v) is 6.72. The molecule has 0 aliphatic carbocycles. The fraction of sp³-hybridized carbons (Fsp3) is 0.500. The van der Waals surface area contributed by atoms with Gasteiger partial charge in [-0.2, -0.15) is 5.26 Å². The van der Waals surface area contributed by atoms with Crippen molar-refractivity contribution >= 4 is 11.6 Å². The van der Waals surface area contributed by atoms with Crippen molar-refractivity contribution in [3.05, 3.63) is 24.3 Å². The Morgan fingerprint density at radius 1 is 1.35 bits per heavy atom. The summed E-state index contributed by atoms with van der Waals surface area (Å²) in [6.45, 7) is 8.50. The normalized spacial score (nSPS) is 12.3. The van der Waals surface area contributed by atoms with Crippen LogP contribution in [0.5, 0.6) is 5.75 Å². The van der Waals surface area contributed by atoms with Crippen molar-refractivity contribution in [2.24, 2.45) is 11.3 Å². The molecule has 1 aromatic carbocycles. The van der Waals surface area contributed by atoms with Gasteiger partial charge >= 0.3 is 0 Å². The largest absolute Gasteiger partial charge is 0.479 e. The molecule has 0 bridgehead atoms. The molecule has 0 fully saturated rings. The Hall–Kier alpha value is -2.02. The number of nitriles is 1. The van der Waals surface area contributed by atoms with Crippen LogP contribution in [-0.2, 0) is 4.79 Å². The molecule has 0 aliphatic heterocycles. The third kappa shape index (κ3) is 5.31. The average molecular weight is 274 g/mol. The number of anilines is 1. The number of amides is 1. The van der Waals surface area contributed by atoms with Crippen LogP contribution in [0.15, 0.2) is 24.3 Å². The zero-order chi connectivity index (χ0) is 15.2. The minimum Gasteiger partial charge on any atom is -0.479 e. The fourth-order valence-electron chi connectivity index (χ4n) is 1.55. The minimum atomic E-state index is 0.0121. The van der Waals surface area contributed by atoms with E-state index in [1.54, 1.807) is 24.3 Å². The number of hydrogen-bond acceptors (Lipinski definition) is 3. The molecule has 20 heavy (non-hydrogen) atoms. The minimum absolute atomic E-state index is 0.0121. The van der Waals surface area contributed by atoms with Crippen molar-refractivity contribution in [3.63, 3.8) is 0 Å². The van der Waals surface area contributed by atoms with Crippen molar-refractivity contribution in [1.82, 2.24) is 0 Å². The highest BCUT2D eigenvalue weighted by Crippen LogP contribution is 2.28. The van der Waals surface area contributed by atoms with Gasteiger partial charge in [-0.1, -0.05) is 27.7 Å². The number of carbonyl (C=O) groups is 1. The summed E-state index contributed by atoms with van der Waals surface area (Å²) in [4.78, 5) is 11.9. The van der Waals surface area contributed by atoms with Crippen LogP contribution in [0.4, 0.5) is 5.69 Å². The molecule has 0 radical (unpaired) electrons. The summed E-state index contributed by atoms with van der Waals surface area (Å²) in [6.07, 6.45) is 0.496. The lowest BCUT2D eigenvalue weighted by molar-refractivity contribution is -0.117. The molecule has 0 aliphatic rings. The highest BCUT2D eigenvalue weighted by molar-refractivity contribution is 5.90. The van der Waals surface area contributed by atoms with Gasteiger partial charge in [0.2, 0.25) is 5.91 Å². The van der Waals surface area contributed by atoms with Crippen LogP contribution in [0.3, 0.4) is 0 Å². The van der Waals surface area contributed by atoms with E-state index in [-0.39, 0.29) is 17.9 Å². The summed E-state index contributed by atoms with van der Waals surface area (Å²) < 4.78 is 5.15. The number of carbonyl (C=O) groups excluding carboxylic acids is 1. The van der Waals surface area contributed by atoms with Crippen LogP contribution in [0.1, 0.15) is 34.1 Å². The molecule has 0 saturated carbocycles. The van der Waals surface area contributed by atoms with E-state index in [4.69, 9.17) is 10.00 Å². The predicted octanol–water partition coefficient (Wildman–Crippen LogP) is 3.60. The van der Waals surface area contributed by atoms with Crippen LogP contribution in [0, 0.1) is 22.7 Å². The van der Waals surface area contributed by atoms with E-state index in [2.05, 4.69) is 33.0 Å². The molecule has 0 spiro atoms. The monoisotopic (exact) mass is 274 g/mol. The van der Waals surface area contributed by atoms with Crippen molar-refractivity contribution in [1.29, 1.82) is 5.26 Å². The van der Waals surface area contributed by atoms with E-state index < -0.39 is 0 Å². The van der Waals surface area contributed by atoms with E-state index in [0.717, 1.165) is 5.69 Å². The van der Waals surface area contributed by atoms with Gasteiger partial charge in [-0.3, -0.25) is 4.79 Å². The highest BCUT2D eigenvalue weighted by Gasteiger charge is 2.22. The summed E-state index contributed by atoms with van der Waals surface area (Å²) in [5.74, 6) is 0.937. The Balaban J connectivity index is 2.52. The van der Waals surface area contributed by atoms with Crippen LogP contribution >= 0.6 is 0 Å². The highest BCUT2D eigenvalue weighted by atomic mass is 16.5. The van der Waals surface area contributed by atoms with Gasteiger partial charge in [0, 0.05) is 12.1 Å². The van der Waals surface area contributed by atoms with Gasteiger partial charge < -0.3 is 10.1 Å². The van der Waals surface area contributed by atoms with Crippen LogP contribution < -0.4 is 10.1 Å². The second-order valence-corrected chi connectivity index (χ2v) is 5.99. The number of rotatable bonds is 5.